The van der Waals surface area contributed by atoms with E-state index in [4.69, 9.17) is 10.5 Å². The van der Waals surface area contributed by atoms with Gasteiger partial charge in [-0.2, -0.15) is 13.2 Å². The Labute approximate surface area is 119 Å². The summed E-state index contributed by atoms with van der Waals surface area (Å²) >= 11 is 0. The third-order valence-electron chi connectivity index (χ3n) is 3.46. The lowest BCUT2D eigenvalue weighted by molar-refractivity contribution is -0.137. The SMILES string of the molecule is NCC1Cc2cc(C(F)(F)F)cc(-c3cccnc3)c2O1. The summed E-state index contributed by atoms with van der Waals surface area (Å²) in [5.41, 5.74) is 6.43. The minimum absolute atomic E-state index is 0.266. The minimum atomic E-state index is -4.40. The highest BCUT2D eigenvalue weighted by molar-refractivity contribution is 5.73. The fourth-order valence-electron chi connectivity index (χ4n) is 2.46. The Morgan fingerprint density at radius 3 is 2.76 bits per heavy atom. The topological polar surface area (TPSA) is 48.1 Å². The van der Waals surface area contributed by atoms with Crippen molar-refractivity contribution in [3.05, 3.63) is 47.8 Å². The molecule has 2 aromatic rings. The molecule has 1 aromatic heterocycles. The van der Waals surface area contributed by atoms with Gasteiger partial charge in [-0.3, -0.25) is 4.98 Å². The molecule has 0 saturated carbocycles. The molecular weight excluding hydrogens is 281 g/mol. The molecule has 2 N–H and O–H groups in total. The van der Waals surface area contributed by atoms with Crippen molar-refractivity contribution in [3.8, 4) is 16.9 Å². The van der Waals surface area contributed by atoms with Crippen LogP contribution < -0.4 is 10.5 Å². The van der Waals surface area contributed by atoms with Crippen LogP contribution in [0.2, 0.25) is 0 Å². The minimum Gasteiger partial charge on any atom is -0.488 e. The number of benzene rings is 1. The number of pyridine rings is 1. The summed E-state index contributed by atoms with van der Waals surface area (Å²) in [5.74, 6) is 0.478. The lowest BCUT2D eigenvalue weighted by Crippen LogP contribution is -2.24. The molecule has 110 valence electrons. The number of hydrogen-bond acceptors (Lipinski definition) is 3. The Bertz CT molecular complexity index is 656. The van der Waals surface area contributed by atoms with E-state index < -0.39 is 11.7 Å². The van der Waals surface area contributed by atoms with Crippen molar-refractivity contribution >= 4 is 0 Å². The van der Waals surface area contributed by atoms with Crippen LogP contribution in [-0.4, -0.2) is 17.6 Å². The average molecular weight is 294 g/mol. The van der Waals surface area contributed by atoms with Crippen molar-refractivity contribution in [1.82, 2.24) is 4.98 Å². The quantitative estimate of drug-likeness (QED) is 0.926. The van der Waals surface area contributed by atoms with E-state index in [9.17, 15) is 13.2 Å². The van der Waals surface area contributed by atoms with Gasteiger partial charge in [-0.05, 0) is 23.8 Å². The number of alkyl halides is 3. The van der Waals surface area contributed by atoms with Gasteiger partial charge in [-0.25, -0.2) is 0 Å². The second-order valence-electron chi connectivity index (χ2n) is 4.93. The van der Waals surface area contributed by atoms with E-state index in [1.54, 1.807) is 18.3 Å². The van der Waals surface area contributed by atoms with Crippen LogP contribution in [0.3, 0.4) is 0 Å². The van der Waals surface area contributed by atoms with Crippen molar-refractivity contribution in [2.24, 2.45) is 5.73 Å². The Morgan fingerprint density at radius 1 is 1.33 bits per heavy atom. The summed E-state index contributed by atoms with van der Waals surface area (Å²) in [7, 11) is 0. The van der Waals surface area contributed by atoms with E-state index in [0.717, 1.165) is 12.1 Å². The molecule has 1 aliphatic heterocycles. The number of nitrogens with zero attached hydrogens (tertiary/aromatic N) is 1. The molecule has 2 heterocycles. The Hall–Kier alpha value is -2.08. The first-order valence-corrected chi connectivity index (χ1v) is 6.50. The van der Waals surface area contributed by atoms with Gasteiger partial charge >= 0.3 is 6.18 Å². The second kappa shape index (κ2) is 5.04. The van der Waals surface area contributed by atoms with Crippen molar-refractivity contribution in [1.29, 1.82) is 0 Å². The molecule has 3 nitrogen and oxygen atoms in total. The summed E-state index contributed by atoms with van der Waals surface area (Å²) in [6, 6.07) is 5.64. The summed E-state index contributed by atoms with van der Waals surface area (Å²) in [6.07, 6.45) is -1.19. The average Bonchev–Trinajstić information content (AvgIpc) is 2.89. The molecule has 0 spiro atoms. The first-order chi connectivity index (χ1) is 9.99. The number of aromatic nitrogens is 1. The molecule has 0 amide bonds. The number of ether oxygens (including phenoxy) is 1. The molecule has 1 aliphatic rings. The molecule has 0 bridgehead atoms. The Morgan fingerprint density at radius 2 is 2.14 bits per heavy atom. The number of fused-ring (bicyclic) bond motifs is 1. The number of halogens is 3. The van der Waals surface area contributed by atoms with Gasteiger partial charge in [0.1, 0.15) is 11.9 Å². The molecule has 1 aromatic carbocycles. The summed E-state index contributed by atoms with van der Waals surface area (Å²) in [5, 5.41) is 0. The molecule has 21 heavy (non-hydrogen) atoms. The zero-order valence-electron chi connectivity index (χ0n) is 11.0. The summed E-state index contributed by atoms with van der Waals surface area (Å²) in [4.78, 5) is 3.96. The van der Waals surface area contributed by atoms with Crippen LogP contribution in [0.15, 0.2) is 36.7 Å². The molecule has 0 fully saturated rings. The van der Waals surface area contributed by atoms with E-state index in [2.05, 4.69) is 4.98 Å². The van der Waals surface area contributed by atoms with Crippen LogP contribution >= 0.6 is 0 Å². The maximum Gasteiger partial charge on any atom is 0.416 e. The van der Waals surface area contributed by atoms with Gasteiger partial charge < -0.3 is 10.5 Å². The molecule has 3 rings (SSSR count). The van der Waals surface area contributed by atoms with E-state index in [1.807, 2.05) is 0 Å². The highest BCUT2D eigenvalue weighted by atomic mass is 19.4. The van der Waals surface area contributed by atoms with Crippen molar-refractivity contribution in [2.45, 2.75) is 18.7 Å². The van der Waals surface area contributed by atoms with Gasteiger partial charge in [-0.15, -0.1) is 0 Å². The third kappa shape index (κ3) is 2.58. The third-order valence-corrected chi connectivity index (χ3v) is 3.46. The van der Waals surface area contributed by atoms with Crippen LogP contribution in [0, 0.1) is 0 Å². The van der Waals surface area contributed by atoms with Crippen LogP contribution in [0.4, 0.5) is 13.2 Å². The van der Waals surface area contributed by atoms with Crippen LogP contribution in [0.25, 0.3) is 11.1 Å². The second-order valence-corrected chi connectivity index (χ2v) is 4.93. The zero-order valence-corrected chi connectivity index (χ0v) is 11.0. The standard InChI is InChI=1S/C15H13F3N2O/c16-15(17,18)11-4-10-5-12(7-19)21-14(10)13(6-11)9-2-1-3-20-8-9/h1-4,6,8,12H,5,7,19H2. The molecule has 0 saturated heterocycles. The molecule has 0 aliphatic carbocycles. The first kappa shape index (κ1) is 13.9. The number of nitrogens with two attached hydrogens (primary N) is 1. The van der Waals surface area contributed by atoms with Gasteiger partial charge in [-0.1, -0.05) is 6.07 Å². The maximum absolute atomic E-state index is 13.0. The fourth-order valence-corrected chi connectivity index (χ4v) is 2.46. The molecule has 6 heteroatoms. The highest BCUT2D eigenvalue weighted by Crippen LogP contribution is 2.43. The van der Waals surface area contributed by atoms with Crippen molar-refractivity contribution in [2.75, 3.05) is 6.54 Å². The highest BCUT2D eigenvalue weighted by Gasteiger charge is 2.35. The smallest absolute Gasteiger partial charge is 0.416 e. The van der Waals surface area contributed by atoms with E-state index in [0.29, 0.717) is 28.9 Å². The summed E-state index contributed by atoms with van der Waals surface area (Å²) < 4.78 is 44.8. The predicted octanol–water partition coefficient (Wildman–Crippen LogP) is 3.03. The fraction of sp³-hybridized carbons (Fsp3) is 0.267. The van der Waals surface area contributed by atoms with Crippen molar-refractivity contribution in [3.63, 3.8) is 0 Å². The molecule has 1 atom stereocenters. The summed E-state index contributed by atoms with van der Waals surface area (Å²) in [6.45, 7) is 0.266. The van der Waals surface area contributed by atoms with Crippen LogP contribution in [0.5, 0.6) is 5.75 Å². The van der Waals surface area contributed by atoms with Gasteiger partial charge in [0, 0.05) is 36.5 Å². The van der Waals surface area contributed by atoms with Gasteiger partial charge in [0.2, 0.25) is 0 Å². The van der Waals surface area contributed by atoms with Crippen LogP contribution in [0.1, 0.15) is 11.1 Å². The van der Waals surface area contributed by atoms with Gasteiger partial charge in [0.05, 0.1) is 5.56 Å². The largest absolute Gasteiger partial charge is 0.488 e. The number of rotatable bonds is 2. The van der Waals surface area contributed by atoms with E-state index >= 15 is 0 Å². The lowest BCUT2D eigenvalue weighted by Gasteiger charge is -2.14. The molecular formula is C15H13F3N2O. The predicted molar refractivity (Wildman–Crippen MR) is 71.8 cm³/mol. The van der Waals surface area contributed by atoms with Crippen molar-refractivity contribution < 1.29 is 17.9 Å². The first-order valence-electron chi connectivity index (χ1n) is 6.50. The zero-order chi connectivity index (χ0) is 15.0. The maximum atomic E-state index is 13.0. The van der Waals surface area contributed by atoms with E-state index in [-0.39, 0.29) is 12.6 Å². The normalized spacial score (nSPS) is 17.4. The Balaban J connectivity index is 2.17. The molecule has 1 unspecified atom stereocenters. The van der Waals surface area contributed by atoms with E-state index in [1.165, 1.54) is 6.20 Å². The van der Waals surface area contributed by atoms with Gasteiger partial charge in [0.15, 0.2) is 0 Å². The monoisotopic (exact) mass is 294 g/mol. The molecule has 0 radical (unpaired) electrons. The number of hydrogen-bond donors (Lipinski definition) is 1. The Kier molecular flexibility index (Phi) is 3.33. The van der Waals surface area contributed by atoms with Crippen LogP contribution in [-0.2, 0) is 12.6 Å². The van der Waals surface area contributed by atoms with Gasteiger partial charge in [0.25, 0.3) is 0 Å². The lowest BCUT2D eigenvalue weighted by atomic mass is 9.98.